The van der Waals surface area contributed by atoms with E-state index in [1.165, 1.54) is 6.07 Å². The van der Waals surface area contributed by atoms with Gasteiger partial charge in [0.1, 0.15) is 5.15 Å². The number of pyridine rings is 1. The highest BCUT2D eigenvalue weighted by Gasteiger charge is 2.20. The first kappa shape index (κ1) is 15.0. The number of hydrogen-bond donors (Lipinski definition) is 1. The molecule has 0 saturated carbocycles. The summed E-state index contributed by atoms with van der Waals surface area (Å²) in [7, 11) is 0. The molecule has 0 aliphatic carbocycles. The number of nitrogens with zero attached hydrogens (tertiary/aromatic N) is 1. The number of nitrogens with one attached hydrogen (secondary N) is 1. The molecule has 0 spiro atoms. The van der Waals surface area contributed by atoms with Gasteiger partial charge in [-0.05, 0) is 30.7 Å². The van der Waals surface area contributed by atoms with E-state index in [4.69, 9.17) is 23.2 Å². The lowest BCUT2D eigenvalue weighted by Crippen LogP contribution is -2.32. The molecule has 20 heavy (non-hydrogen) atoms. The molecule has 1 atom stereocenters. The summed E-state index contributed by atoms with van der Waals surface area (Å²) in [5.41, 5.74) is 0.764. The molecule has 0 saturated heterocycles. The van der Waals surface area contributed by atoms with E-state index >= 15 is 0 Å². The van der Waals surface area contributed by atoms with E-state index in [1.54, 1.807) is 31.3 Å². The number of Topliss-reactive ketones (excluding diaryl/α,β-unsaturated/α-hetero) is 1. The number of hydrogen-bond acceptors (Lipinski definition) is 4. The third kappa shape index (κ3) is 3.56. The minimum Gasteiger partial charge on any atom is -0.343 e. The fourth-order valence-corrected chi connectivity index (χ4v) is 2.63. The van der Waals surface area contributed by atoms with Crippen LogP contribution in [0.3, 0.4) is 0 Å². The van der Waals surface area contributed by atoms with E-state index in [-0.39, 0.29) is 6.04 Å². The molecule has 1 amide bonds. The average molecular weight is 329 g/mol. The topological polar surface area (TPSA) is 59.1 Å². The second kappa shape index (κ2) is 6.35. The van der Waals surface area contributed by atoms with Crippen molar-refractivity contribution >= 4 is 46.2 Å². The molecule has 104 valence electrons. The first-order chi connectivity index (χ1) is 9.47. The number of carbonyl (C=O) groups is 2. The van der Waals surface area contributed by atoms with E-state index in [1.807, 2.05) is 0 Å². The lowest BCUT2D eigenvalue weighted by Gasteiger charge is -2.12. The first-order valence-corrected chi connectivity index (χ1v) is 7.26. The van der Waals surface area contributed by atoms with Gasteiger partial charge in [0.05, 0.1) is 15.3 Å². The van der Waals surface area contributed by atoms with Gasteiger partial charge in [-0.1, -0.05) is 29.3 Å². The van der Waals surface area contributed by atoms with Crippen molar-refractivity contribution in [3.8, 4) is 0 Å². The van der Waals surface area contributed by atoms with Gasteiger partial charge in [0, 0.05) is 6.20 Å². The van der Waals surface area contributed by atoms with Crippen LogP contribution in [-0.4, -0.2) is 16.7 Å². The molecule has 0 aliphatic rings. The molecule has 0 aliphatic heterocycles. The van der Waals surface area contributed by atoms with Gasteiger partial charge in [0.25, 0.3) is 11.7 Å². The van der Waals surface area contributed by atoms with Crippen molar-refractivity contribution in [1.82, 2.24) is 10.3 Å². The molecule has 4 nitrogen and oxygen atoms in total. The Hall–Kier alpha value is -1.43. The molecule has 2 heterocycles. The number of carbonyl (C=O) groups excluding carboxylic acids is 2. The first-order valence-electron chi connectivity index (χ1n) is 5.69. The Labute approximate surface area is 129 Å². The predicted molar refractivity (Wildman–Crippen MR) is 79.5 cm³/mol. The summed E-state index contributed by atoms with van der Waals surface area (Å²) in [6, 6.07) is 6.14. The molecule has 0 aromatic carbocycles. The van der Waals surface area contributed by atoms with Crippen molar-refractivity contribution in [2.45, 2.75) is 13.0 Å². The molecule has 0 fully saturated rings. The molecule has 2 aromatic heterocycles. The van der Waals surface area contributed by atoms with E-state index in [0.717, 1.165) is 16.9 Å². The Kier molecular flexibility index (Phi) is 4.75. The second-order valence-corrected chi connectivity index (χ2v) is 6.14. The molecule has 1 N–H and O–H groups in total. The molecule has 2 rings (SSSR count). The summed E-state index contributed by atoms with van der Waals surface area (Å²) in [4.78, 5) is 28.0. The Morgan fingerprint density at radius 1 is 1.25 bits per heavy atom. The normalized spacial score (nSPS) is 11.9. The molecular weight excluding hydrogens is 319 g/mol. The minimum atomic E-state index is -0.675. The quantitative estimate of drug-likeness (QED) is 0.530. The highest BCUT2D eigenvalue weighted by molar-refractivity contribution is 7.18. The van der Waals surface area contributed by atoms with Gasteiger partial charge in [-0.15, -0.1) is 11.3 Å². The smallest absolute Gasteiger partial charge is 0.293 e. The SMILES string of the molecule is CC(NC(=O)C(=O)c1ccc(Cl)s1)c1ccc(Cl)nc1. The van der Waals surface area contributed by atoms with Crippen LogP contribution in [0.4, 0.5) is 0 Å². The molecule has 0 radical (unpaired) electrons. The Balaban J connectivity index is 2.04. The molecule has 2 aromatic rings. The second-order valence-electron chi connectivity index (χ2n) is 4.04. The van der Waals surface area contributed by atoms with Crippen molar-refractivity contribution in [2.75, 3.05) is 0 Å². The van der Waals surface area contributed by atoms with Crippen molar-refractivity contribution in [2.24, 2.45) is 0 Å². The van der Waals surface area contributed by atoms with E-state index < -0.39 is 11.7 Å². The van der Waals surface area contributed by atoms with E-state index in [0.29, 0.717) is 14.4 Å². The number of halogens is 2. The number of amides is 1. The van der Waals surface area contributed by atoms with Gasteiger partial charge >= 0.3 is 0 Å². The maximum atomic E-state index is 11.9. The Morgan fingerprint density at radius 2 is 2.00 bits per heavy atom. The van der Waals surface area contributed by atoms with Crippen LogP contribution in [0.15, 0.2) is 30.5 Å². The zero-order chi connectivity index (χ0) is 14.7. The third-order valence-electron chi connectivity index (χ3n) is 2.60. The monoisotopic (exact) mass is 328 g/mol. The number of aromatic nitrogens is 1. The summed E-state index contributed by atoms with van der Waals surface area (Å²) in [6.07, 6.45) is 1.56. The lowest BCUT2D eigenvalue weighted by molar-refractivity contribution is -0.117. The highest BCUT2D eigenvalue weighted by atomic mass is 35.5. The van der Waals surface area contributed by atoms with E-state index in [9.17, 15) is 9.59 Å². The number of thiophene rings is 1. The van der Waals surface area contributed by atoms with Crippen LogP contribution in [0.1, 0.15) is 28.2 Å². The molecule has 7 heteroatoms. The summed E-state index contributed by atoms with van der Waals surface area (Å²) in [6.45, 7) is 1.76. The van der Waals surface area contributed by atoms with Crippen LogP contribution in [0.25, 0.3) is 0 Å². The van der Waals surface area contributed by atoms with Gasteiger partial charge in [-0.25, -0.2) is 4.98 Å². The Bertz CT molecular complexity index is 640. The Morgan fingerprint density at radius 3 is 2.55 bits per heavy atom. The lowest BCUT2D eigenvalue weighted by atomic mass is 10.1. The summed E-state index contributed by atoms with van der Waals surface area (Å²) < 4.78 is 0.469. The molecule has 1 unspecified atom stereocenters. The summed E-state index contributed by atoms with van der Waals surface area (Å²) in [5, 5.41) is 2.99. The van der Waals surface area contributed by atoms with Gasteiger partial charge in [0.15, 0.2) is 0 Å². The van der Waals surface area contributed by atoms with Crippen LogP contribution in [0.2, 0.25) is 9.49 Å². The fraction of sp³-hybridized carbons (Fsp3) is 0.154. The maximum absolute atomic E-state index is 11.9. The minimum absolute atomic E-state index is 0.314. The maximum Gasteiger partial charge on any atom is 0.293 e. The standard InChI is InChI=1S/C13H10Cl2N2O2S/c1-7(8-2-4-10(14)16-6-8)17-13(19)12(18)9-3-5-11(15)20-9/h2-7H,1H3,(H,17,19). The van der Waals surface area contributed by atoms with Crippen molar-refractivity contribution < 1.29 is 9.59 Å². The summed E-state index contributed by atoms with van der Waals surface area (Å²) in [5.74, 6) is -1.28. The fourth-order valence-electron chi connectivity index (χ4n) is 1.54. The zero-order valence-electron chi connectivity index (χ0n) is 10.4. The highest BCUT2D eigenvalue weighted by Crippen LogP contribution is 2.22. The van der Waals surface area contributed by atoms with E-state index in [2.05, 4.69) is 10.3 Å². The van der Waals surface area contributed by atoms with Gasteiger partial charge in [0.2, 0.25) is 0 Å². The van der Waals surface area contributed by atoms with Crippen LogP contribution in [-0.2, 0) is 4.79 Å². The molecular formula is C13H10Cl2N2O2S. The van der Waals surface area contributed by atoms with Crippen molar-refractivity contribution in [3.63, 3.8) is 0 Å². The van der Waals surface area contributed by atoms with Crippen LogP contribution in [0.5, 0.6) is 0 Å². The molecule has 0 bridgehead atoms. The predicted octanol–water partition coefficient (Wildman–Crippen LogP) is 3.51. The third-order valence-corrected chi connectivity index (χ3v) is 4.05. The van der Waals surface area contributed by atoms with Crippen LogP contribution < -0.4 is 5.32 Å². The van der Waals surface area contributed by atoms with Gasteiger partial charge < -0.3 is 5.32 Å². The zero-order valence-corrected chi connectivity index (χ0v) is 12.7. The van der Waals surface area contributed by atoms with Crippen LogP contribution >= 0.6 is 34.5 Å². The average Bonchev–Trinajstić information content (AvgIpc) is 2.85. The van der Waals surface area contributed by atoms with Crippen molar-refractivity contribution in [1.29, 1.82) is 0 Å². The van der Waals surface area contributed by atoms with Crippen molar-refractivity contribution in [3.05, 3.63) is 50.4 Å². The van der Waals surface area contributed by atoms with Gasteiger partial charge in [-0.3, -0.25) is 9.59 Å². The van der Waals surface area contributed by atoms with Gasteiger partial charge in [-0.2, -0.15) is 0 Å². The van der Waals surface area contributed by atoms with Crippen LogP contribution in [0, 0.1) is 0 Å². The number of ketones is 1. The summed E-state index contributed by atoms with van der Waals surface area (Å²) >= 11 is 12.5. The largest absolute Gasteiger partial charge is 0.343 e. The number of rotatable bonds is 4.